The maximum Gasteiger partial charge on any atom is 0.104 e. The maximum absolute atomic E-state index is 9.12. The fraction of sp³-hybridized carbons (Fsp3) is 0.562. The average molecular weight is 272 g/mol. The van der Waals surface area contributed by atoms with E-state index in [2.05, 4.69) is 47.2 Å². The highest BCUT2D eigenvalue weighted by Gasteiger charge is 2.23. The molecular weight excluding hydrogens is 248 g/mol. The Kier molecular flexibility index (Phi) is 4.51. The van der Waals surface area contributed by atoms with Gasteiger partial charge in [0.15, 0.2) is 0 Å². The fourth-order valence-electron chi connectivity index (χ4n) is 2.70. The van der Waals surface area contributed by atoms with Gasteiger partial charge in [-0.25, -0.2) is 0 Å². The summed E-state index contributed by atoms with van der Waals surface area (Å²) < 4.78 is 0. The molecule has 0 fully saturated rings. The van der Waals surface area contributed by atoms with E-state index in [1.807, 2.05) is 6.92 Å². The van der Waals surface area contributed by atoms with Crippen LogP contribution in [0.25, 0.3) is 0 Å². The normalized spacial score (nSPS) is 17.3. The minimum Gasteiger partial charge on any atom is -0.371 e. The number of likely N-dealkylation sites (N-methyl/N-ethyl adjacent to an activating group) is 1. The van der Waals surface area contributed by atoms with Gasteiger partial charge in [-0.3, -0.25) is 0 Å². The standard InChI is InChI=1S/C16H24N4/c1-3-16(18,13-17)9-6-10-20-12-11-19(2)14-7-4-5-8-15(14)20/h4-5,7-8H,3,6,9-12,18H2,1-2H3. The molecule has 1 aliphatic rings. The number of benzene rings is 1. The van der Waals surface area contributed by atoms with Crippen molar-refractivity contribution in [2.24, 2.45) is 5.73 Å². The quantitative estimate of drug-likeness (QED) is 0.894. The van der Waals surface area contributed by atoms with Crippen LogP contribution in [0.3, 0.4) is 0 Å². The third-order valence-electron chi connectivity index (χ3n) is 4.24. The second kappa shape index (κ2) is 6.15. The molecule has 0 bridgehead atoms. The first-order valence-electron chi connectivity index (χ1n) is 7.35. The number of hydrogen-bond donors (Lipinski definition) is 1. The Morgan fingerprint density at radius 3 is 2.65 bits per heavy atom. The lowest BCUT2D eigenvalue weighted by molar-refractivity contribution is 0.464. The zero-order valence-electron chi connectivity index (χ0n) is 12.5. The smallest absolute Gasteiger partial charge is 0.104 e. The van der Waals surface area contributed by atoms with Gasteiger partial charge < -0.3 is 15.5 Å². The minimum absolute atomic E-state index is 0.661. The summed E-state index contributed by atoms with van der Waals surface area (Å²) in [6.07, 6.45) is 2.42. The van der Waals surface area contributed by atoms with E-state index in [0.29, 0.717) is 6.42 Å². The Labute approximate surface area is 121 Å². The van der Waals surface area contributed by atoms with Crippen molar-refractivity contribution in [2.75, 3.05) is 36.5 Å². The van der Waals surface area contributed by atoms with Gasteiger partial charge in [0.25, 0.3) is 0 Å². The number of hydrogen-bond acceptors (Lipinski definition) is 4. The molecule has 2 N–H and O–H groups in total. The van der Waals surface area contributed by atoms with E-state index in [9.17, 15) is 0 Å². The molecule has 1 atom stereocenters. The van der Waals surface area contributed by atoms with Gasteiger partial charge >= 0.3 is 0 Å². The zero-order chi connectivity index (χ0) is 14.6. The first-order chi connectivity index (χ1) is 9.59. The van der Waals surface area contributed by atoms with Crippen molar-refractivity contribution in [1.82, 2.24) is 0 Å². The maximum atomic E-state index is 9.12. The van der Waals surface area contributed by atoms with Crippen molar-refractivity contribution < 1.29 is 0 Å². The van der Waals surface area contributed by atoms with Gasteiger partial charge in [0, 0.05) is 26.7 Å². The van der Waals surface area contributed by atoms with Crippen molar-refractivity contribution in [3.05, 3.63) is 24.3 Å². The summed E-state index contributed by atoms with van der Waals surface area (Å²) in [5.41, 5.74) is 7.96. The lowest BCUT2D eigenvalue weighted by atomic mass is 9.93. The molecule has 108 valence electrons. The van der Waals surface area contributed by atoms with Crippen LogP contribution in [0.2, 0.25) is 0 Å². The van der Waals surface area contributed by atoms with Crippen LogP contribution in [-0.2, 0) is 0 Å². The largest absolute Gasteiger partial charge is 0.371 e. The molecule has 2 rings (SSSR count). The number of nitrogens with two attached hydrogens (primary N) is 1. The number of fused-ring (bicyclic) bond motifs is 1. The molecule has 0 saturated carbocycles. The van der Waals surface area contributed by atoms with E-state index in [1.54, 1.807) is 0 Å². The predicted octanol–water partition coefficient (Wildman–Crippen LogP) is 2.35. The monoisotopic (exact) mass is 272 g/mol. The van der Waals surface area contributed by atoms with Crippen molar-refractivity contribution in [3.8, 4) is 6.07 Å². The molecule has 1 aliphatic heterocycles. The van der Waals surface area contributed by atoms with Gasteiger partial charge in [-0.2, -0.15) is 5.26 Å². The molecule has 20 heavy (non-hydrogen) atoms. The molecule has 1 aromatic rings. The number of nitrogens with zero attached hydrogens (tertiary/aromatic N) is 3. The lowest BCUT2D eigenvalue weighted by Gasteiger charge is -2.37. The van der Waals surface area contributed by atoms with Gasteiger partial charge in [-0.15, -0.1) is 0 Å². The highest BCUT2D eigenvalue weighted by Crippen LogP contribution is 2.32. The molecule has 4 nitrogen and oxygen atoms in total. The van der Waals surface area contributed by atoms with Gasteiger partial charge in [0.1, 0.15) is 5.54 Å². The van der Waals surface area contributed by atoms with Crippen LogP contribution in [0.1, 0.15) is 26.2 Å². The minimum atomic E-state index is -0.661. The van der Waals surface area contributed by atoms with Crippen LogP contribution < -0.4 is 15.5 Å². The molecule has 0 saturated heterocycles. The topological polar surface area (TPSA) is 56.3 Å². The van der Waals surface area contributed by atoms with E-state index >= 15 is 0 Å². The van der Waals surface area contributed by atoms with Gasteiger partial charge in [-0.05, 0) is 31.4 Å². The van der Waals surface area contributed by atoms with Gasteiger partial charge in [0.05, 0.1) is 17.4 Å². The van der Waals surface area contributed by atoms with Gasteiger partial charge in [-0.1, -0.05) is 19.1 Å². The Balaban J connectivity index is 1.99. The number of rotatable bonds is 5. The van der Waals surface area contributed by atoms with E-state index in [4.69, 9.17) is 11.0 Å². The molecule has 4 heteroatoms. The molecule has 0 spiro atoms. The van der Waals surface area contributed by atoms with Crippen LogP contribution >= 0.6 is 0 Å². The van der Waals surface area contributed by atoms with Crippen LogP contribution in [0.5, 0.6) is 0 Å². The summed E-state index contributed by atoms with van der Waals surface area (Å²) in [4.78, 5) is 4.70. The molecule has 1 heterocycles. The zero-order valence-corrected chi connectivity index (χ0v) is 12.5. The lowest BCUT2D eigenvalue weighted by Crippen LogP contribution is -2.41. The summed E-state index contributed by atoms with van der Waals surface area (Å²) in [7, 11) is 2.13. The summed E-state index contributed by atoms with van der Waals surface area (Å²) in [6.45, 7) is 5.01. The third-order valence-corrected chi connectivity index (χ3v) is 4.24. The van der Waals surface area contributed by atoms with Crippen molar-refractivity contribution in [1.29, 1.82) is 5.26 Å². The first-order valence-corrected chi connectivity index (χ1v) is 7.35. The van der Waals surface area contributed by atoms with Crippen molar-refractivity contribution in [2.45, 2.75) is 31.7 Å². The van der Waals surface area contributed by atoms with E-state index in [1.165, 1.54) is 11.4 Å². The highest BCUT2D eigenvalue weighted by molar-refractivity contribution is 5.72. The Morgan fingerprint density at radius 1 is 1.30 bits per heavy atom. The number of nitriles is 1. The Morgan fingerprint density at radius 2 is 2.00 bits per heavy atom. The van der Waals surface area contributed by atoms with Crippen LogP contribution in [0.4, 0.5) is 11.4 Å². The van der Waals surface area contributed by atoms with Crippen LogP contribution in [0, 0.1) is 11.3 Å². The Bertz CT molecular complexity index is 493. The fourth-order valence-corrected chi connectivity index (χ4v) is 2.70. The highest BCUT2D eigenvalue weighted by atomic mass is 15.2. The molecule has 0 aromatic heterocycles. The molecule has 0 radical (unpaired) electrons. The molecule has 1 unspecified atom stereocenters. The third kappa shape index (κ3) is 3.05. The van der Waals surface area contributed by atoms with E-state index in [0.717, 1.165) is 32.5 Å². The average Bonchev–Trinajstić information content (AvgIpc) is 2.49. The molecule has 0 aliphatic carbocycles. The molecular formula is C16H24N4. The molecule has 0 amide bonds. The van der Waals surface area contributed by atoms with Crippen molar-refractivity contribution >= 4 is 11.4 Å². The predicted molar refractivity (Wildman–Crippen MR) is 84.0 cm³/mol. The van der Waals surface area contributed by atoms with Gasteiger partial charge in [0.2, 0.25) is 0 Å². The Hall–Kier alpha value is -1.73. The number of para-hydroxylation sites is 2. The van der Waals surface area contributed by atoms with E-state index < -0.39 is 5.54 Å². The molecule has 1 aromatic carbocycles. The summed E-state index contributed by atoms with van der Waals surface area (Å²) in [5.74, 6) is 0. The first kappa shape index (κ1) is 14.7. The summed E-state index contributed by atoms with van der Waals surface area (Å²) in [5, 5.41) is 9.12. The second-order valence-electron chi connectivity index (χ2n) is 5.62. The van der Waals surface area contributed by atoms with Crippen LogP contribution in [-0.4, -0.2) is 32.2 Å². The second-order valence-corrected chi connectivity index (χ2v) is 5.62. The van der Waals surface area contributed by atoms with Crippen LogP contribution in [0.15, 0.2) is 24.3 Å². The summed E-state index contributed by atoms with van der Waals surface area (Å²) >= 11 is 0. The number of anilines is 2. The SMILES string of the molecule is CCC(N)(C#N)CCCN1CCN(C)c2ccccc21. The van der Waals surface area contributed by atoms with Crippen molar-refractivity contribution in [3.63, 3.8) is 0 Å². The van der Waals surface area contributed by atoms with E-state index in [-0.39, 0.29) is 0 Å². The summed E-state index contributed by atoms with van der Waals surface area (Å²) in [6, 6.07) is 10.7.